The molecule has 0 aliphatic rings. The first-order valence-electron chi connectivity index (χ1n) is 10.5. The van der Waals surface area contributed by atoms with Crippen molar-refractivity contribution in [3.05, 3.63) is 72.8 Å². The number of allylic oxidation sites excluding steroid dienone is 1. The normalized spacial score (nSPS) is 13.4. The van der Waals surface area contributed by atoms with Gasteiger partial charge in [-0.1, -0.05) is 101 Å². The van der Waals surface area contributed by atoms with Gasteiger partial charge in [-0.15, -0.1) is 0 Å². The Morgan fingerprint density at radius 3 is 1.86 bits per heavy atom. The summed E-state index contributed by atoms with van der Waals surface area (Å²) in [7, 11) is -2.80. The van der Waals surface area contributed by atoms with Crippen molar-refractivity contribution in [3.63, 3.8) is 0 Å². The van der Waals surface area contributed by atoms with Crippen LogP contribution in [-0.2, 0) is 14.0 Å². The van der Waals surface area contributed by atoms with E-state index in [9.17, 15) is 4.79 Å². The molecule has 1 unspecified atom stereocenters. The van der Waals surface area contributed by atoms with Gasteiger partial charge < -0.3 is 9.16 Å². The molecule has 0 amide bonds. The molecule has 0 bridgehead atoms. The van der Waals surface area contributed by atoms with E-state index in [-0.39, 0.29) is 11.0 Å². The van der Waals surface area contributed by atoms with Crippen LogP contribution in [0.15, 0.2) is 72.8 Å². The fraction of sp³-hybridized carbons (Fsp3) is 0.400. The van der Waals surface area contributed by atoms with Crippen LogP contribution in [0.5, 0.6) is 0 Å². The average molecular weight is 411 g/mol. The van der Waals surface area contributed by atoms with Crippen LogP contribution < -0.4 is 10.4 Å². The van der Waals surface area contributed by atoms with Gasteiger partial charge in [0.15, 0.2) is 0 Å². The predicted octanol–water partition coefficient (Wildman–Crippen LogP) is 4.85. The van der Waals surface area contributed by atoms with Crippen molar-refractivity contribution in [1.82, 2.24) is 0 Å². The molecule has 0 spiro atoms. The minimum atomic E-state index is -2.80. The van der Waals surface area contributed by atoms with E-state index in [1.54, 1.807) is 0 Å². The first-order valence-corrected chi connectivity index (χ1v) is 12.4. The molecule has 2 aromatic carbocycles. The minimum absolute atomic E-state index is 0.186. The molecular formula is C25H34O3Si. The molecular weight excluding hydrogens is 376 g/mol. The fourth-order valence-electron chi connectivity index (χ4n) is 3.72. The summed E-state index contributed by atoms with van der Waals surface area (Å²) in [4.78, 5) is 12.8. The number of carbonyl (C=O) groups excluding carboxylic acids is 1. The maximum absolute atomic E-state index is 12.8. The number of ether oxygens (including phenoxy) is 1. The lowest BCUT2D eigenvalue weighted by atomic mass is 10.2. The van der Waals surface area contributed by atoms with E-state index in [1.165, 1.54) is 0 Å². The zero-order chi connectivity index (χ0) is 21.3. The Labute approximate surface area is 176 Å². The molecule has 2 rings (SSSR count). The van der Waals surface area contributed by atoms with Crippen molar-refractivity contribution in [2.24, 2.45) is 0 Å². The number of benzene rings is 2. The maximum atomic E-state index is 12.8. The Morgan fingerprint density at radius 1 is 0.931 bits per heavy atom. The Morgan fingerprint density at radius 2 is 1.45 bits per heavy atom. The third-order valence-corrected chi connectivity index (χ3v) is 10.1. The van der Waals surface area contributed by atoms with E-state index >= 15 is 0 Å². The zero-order valence-corrected chi connectivity index (χ0v) is 19.4. The van der Waals surface area contributed by atoms with Crippen LogP contribution in [0.2, 0.25) is 5.04 Å². The Hall–Kier alpha value is -2.17. The summed E-state index contributed by atoms with van der Waals surface area (Å²) in [6, 6.07) is 20.8. The van der Waals surface area contributed by atoms with E-state index in [1.807, 2.05) is 49.4 Å². The van der Waals surface area contributed by atoms with Crippen LogP contribution in [0.3, 0.4) is 0 Å². The maximum Gasteiger partial charge on any atom is 0.334 e. The van der Waals surface area contributed by atoms with Crippen molar-refractivity contribution in [3.8, 4) is 0 Å². The van der Waals surface area contributed by atoms with Crippen LogP contribution in [0.1, 0.15) is 47.5 Å². The Kier molecular flexibility index (Phi) is 8.41. The summed E-state index contributed by atoms with van der Waals surface area (Å²) in [5, 5.41) is 2.13. The Balaban J connectivity index is 2.64. The molecule has 29 heavy (non-hydrogen) atoms. The molecule has 3 nitrogen and oxygen atoms in total. The molecule has 0 saturated heterocycles. The number of esters is 1. The second-order valence-corrected chi connectivity index (χ2v) is 12.4. The lowest BCUT2D eigenvalue weighted by Gasteiger charge is -2.44. The van der Waals surface area contributed by atoms with Crippen LogP contribution in [0, 0.1) is 0 Å². The van der Waals surface area contributed by atoms with Gasteiger partial charge in [0, 0.05) is 6.42 Å². The summed E-state index contributed by atoms with van der Waals surface area (Å²) in [5.74, 6) is -0.291. The third-order valence-electron chi connectivity index (χ3n) is 5.04. The van der Waals surface area contributed by atoms with Crippen molar-refractivity contribution < 1.29 is 14.0 Å². The second-order valence-electron chi connectivity index (χ2n) is 8.14. The van der Waals surface area contributed by atoms with Gasteiger partial charge >= 0.3 is 5.97 Å². The molecule has 0 saturated carbocycles. The molecule has 2 aromatic rings. The van der Waals surface area contributed by atoms with Gasteiger partial charge in [0.25, 0.3) is 8.32 Å². The van der Waals surface area contributed by atoms with Crippen LogP contribution >= 0.6 is 0 Å². The lowest BCUT2D eigenvalue weighted by Crippen LogP contribution is -2.68. The average Bonchev–Trinajstić information content (AvgIpc) is 2.71. The van der Waals surface area contributed by atoms with Gasteiger partial charge in [-0.25, -0.2) is 4.79 Å². The number of hydrogen-bond acceptors (Lipinski definition) is 3. The summed E-state index contributed by atoms with van der Waals surface area (Å²) < 4.78 is 12.3. The fourth-order valence-corrected chi connectivity index (χ4v) is 8.35. The number of rotatable bonds is 9. The van der Waals surface area contributed by atoms with Crippen LogP contribution in [0.25, 0.3) is 0 Å². The highest BCUT2D eigenvalue weighted by Crippen LogP contribution is 2.38. The summed E-state index contributed by atoms with van der Waals surface area (Å²) >= 11 is 0. The van der Waals surface area contributed by atoms with Gasteiger partial charge in [-0.05, 0) is 28.8 Å². The Bertz CT molecular complexity index is 739. The quantitative estimate of drug-likeness (QED) is 0.337. The van der Waals surface area contributed by atoms with E-state index in [0.717, 1.165) is 16.8 Å². The molecule has 0 aromatic heterocycles. The van der Waals surface area contributed by atoms with Gasteiger partial charge in [0.05, 0.1) is 6.61 Å². The number of hydrogen-bond donors (Lipinski definition) is 0. The summed E-state index contributed by atoms with van der Waals surface area (Å²) in [5.41, 5.74) is 0. The zero-order valence-electron chi connectivity index (χ0n) is 18.4. The van der Waals surface area contributed by atoms with Crippen LogP contribution in [-0.4, -0.2) is 27.0 Å². The predicted molar refractivity (Wildman–Crippen MR) is 123 cm³/mol. The van der Waals surface area contributed by atoms with E-state index in [4.69, 9.17) is 9.16 Å². The molecule has 0 N–H and O–H groups in total. The van der Waals surface area contributed by atoms with Crippen molar-refractivity contribution in [2.45, 2.75) is 58.6 Å². The smallest absolute Gasteiger partial charge is 0.334 e. The molecule has 0 fully saturated rings. The van der Waals surface area contributed by atoms with Crippen molar-refractivity contribution in [1.29, 1.82) is 0 Å². The van der Waals surface area contributed by atoms with Gasteiger partial charge in [-0.2, -0.15) is 0 Å². The second kappa shape index (κ2) is 10.6. The highest BCUT2D eigenvalue weighted by molar-refractivity contribution is 6.99. The first kappa shape index (κ1) is 23.1. The van der Waals surface area contributed by atoms with Crippen molar-refractivity contribution in [2.75, 3.05) is 6.61 Å². The third kappa shape index (κ3) is 5.46. The van der Waals surface area contributed by atoms with Gasteiger partial charge in [-0.3, -0.25) is 0 Å². The molecule has 1 atom stereocenters. The monoisotopic (exact) mass is 410 g/mol. The molecule has 0 heterocycles. The molecule has 4 heteroatoms. The minimum Gasteiger partial charge on any atom is -0.464 e. The summed E-state index contributed by atoms with van der Waals surface area (Å²) in [6.45, 7) is 10.9. The highest BCUT2D eigenvalue weighted by Gasteiger charge is 2.52. The lowest BCUT2D eigenvalue weighted by molar-refractivity contribution is -0.151. The van der Waals surface area contributed by atoms with Gasteiger partial charge in [0.1, 0.15) is 6.10 Å². The van der Waals surface area contributed by atoms with Crippen LogP contribution in [0.4, 0.5) is 0 Å². The molecule has 0 aliphatic carbocycles. The number of carbonyl (C=O) groups is 1. The standard InChI is InChI=1S/C25H34O3Si/c1-6-8-11-20-23(24(26)27-7-2)28-29(25(3,4)5,21-16-12-9-13-17-21)22-18-14-10-15-19-22/h8-19,23H,6-7,20H2,1-5H3/b11-8+. The SMILES string of the molecule is CC/C=C/CC(O[Si](c1ccccc1)(c1ccccc1)C(C)(C)C)C(=O)OCC. The first-order chi connectivity index (χ1) is 13.9. The van der Waals surface area contributed by atoms with Crippen molar-refractivity contribution >= 4 is 24.7 Å². The molecule has 156 valence electrons. The highest BCUT2D eigenvalue weighted by atomic mass is 28.4. The topological polar surface area (TPSA) is 35.5 Å². The van der Waals surface area contributed by atoms with E-state index in [0.29, 0.717) is 13.0 Å². The largest absolute Gasteiger partial charge is 0.464 e. The molecule has 0 aliphatic heterocycles. The van der Waals surface area contributed by atoms with Gasteiger partial charge in [0.2, 0.25) is 0 Å². The van der Waals surface area contributed by atoms with E-state index < -0.39 is 14.4 Å². The summed E-state index contributed by atoms with van der Waals surface area (Å²) in [6.07, 6.45) is 4.90. The van der Waals surface area contributed by atoms with E-state index in [2.05, 4.69) is 58.0 Å². The molecule has 0 radical (unpaired) electrons.